The first-order valence-corrected chi connectivity index (χ1v) is 36.4. The molecule has 3 aromatic carbocycles. The van der Waals surface area contributed by atoms with Crippen molar-refractivity contribution in [2.45, 2.75) is 151 Å². The highest BCUT2D eigenvalue weighted by Gasteiger charge is 2.80. The summed E-state index contributed by atoms with van der Waals surface area (Å²) in [5.41, 5.74) is 1.24. The lowest BCUT2D eigenvalue weighted by molar-refractivity contribution is -0.217. The van der Waals surface area contributed by atoms with E-state index in [0.29, 0.717) is 50.1 Å². The number of alkyl carbamates (subject to hydrolysis) is 2. The Kier molecular flexibility index (Phi) is 27.8. The Bertz CT molecular complexity index is 3990. The molecule has 2 bridgehead atoms. The third-order valence-electron chi connectivity index (χ3n) is 24.9. The minimum Gasteiger partial charge on any atom is -0.497 e. The van der Waals surface area contributed by atoms with Crippen molar-refractivity contribution >= 4 is 52.4 Å². The molecule has 24 nitrogen and oxygen atoms in total. The molecule has 5 N–H and O–H groups in total. The number of likely N-dealkylation sites (N-methyl/N-ethyl adjacent to an activating group) is 2. The molecule has 31 heteroatoms. The van der Waals surface area contributed by atoms with E-state index in [9.17, 15) is 29.4 Å². The molecule has 2 aliphatic carbocycles. The Morgan fingerprint density at radius 1 is 0.642 bits per heavy atom. The molecule has 2 saturated carbocycles. The number of aliphatic hydroxyl groups is 2. The second kappa shape index (κ2) is 35.0. The van der Waals surface area contributed by atoms with Gasteiger partial charge in [0.2, 0.25) is 0 Å². The number of nitrogens with zero attached hydrogens (tertiary/aromatic N) is 5. The zero-order valence-electron chi connectivity index (χ0n) is 63.3. The van der Waals surface area contributed by atoms with Gasteiger partial charge in [-0.25, -0.2) is 9.59 Å². The van der Waals surface area contributed by atoms with Crippen LogP contribution in [0, 0.1) is 16.7 Å². The Hall–Kier alpha value is -8.20. The van der Waals surface area contributed by atoms with Crippen LogP contribution in [-0.4, -0.2) is 243 Å². The number of aromatic nitrogens is 1. The van der Waals surface area contributed by atoms with E-state index in [1.54, 1.807) is 14.2 Å². The maximum Gasteiger partial charge on any atom is 0.407 e. The number of methoxy groups -OCH3 is 5. The zero-order valence-corrected chi connectivity index (χ0v) is 63.3. The number of amides is 2. The summed E-state index contributed by atoms with van der Waals surface area (Å²) in [5.74, 6) is -0.0954. The molecule has 2 saturated heterocycles. The molecule has 1 unspecified atom stereocenters. The van der Waals surface area contributed by atoms with Crippen molar-refractivity contribution in [1.82, 2.24) is 30.3 Å². The van der Waals surface area contributed by atoms with Gasteiger partial charge < -0.3 is 78.3 Å². The van der Waals surface area contributed by atoms with Gasteiger partial charge in [0.25, 0.3) is 0 Å². The lowest BCUT2D eigenvalue weighted by Crippen LogP contribution is -2.81. The summed E-state index contributed by atoms with van der Waals surface area (Å²) in [4.78, 5) is 82.6. The number of fused-ring (bicyclic) bond motifs is 7. The largest absolute Gasteiger partial charge is 0.497 e. The number of H-pyrrole nitrogens is 1. The number of benzene rings is 3. The highest BCUT2D eigenvalue weighted by Crippen LogP contribution is 2.70. The molecule has 604 valence electrons. The van der Waals surface area contributed by atoms with Crippen molar-refractivity contribution in [2.75, 3.05) is 145 Å². The van der Waals surface area contributed by atoms with Gasteiger partial charge in [0.05, 0.1) is 59.7 Å². The molecule has 15 atom stereocenters. The van der Waals surface area contributed by atoms with Gasteiger partial charge in [0.1, 0.15) is 53.5 Å². The molecule has 10 aliphatic rings. The molecule has 14 rings (SSSR count). The molecule has 2 spiro atoms. The normalized spacial score (nSPS) is 31.3. The van der Waals surface area contributed by atoms with E-state index in [2.05, 4.69) is 122 Å². The summed E-state index contributed by atoms with van der Waals surface area (Å²) in [7, 11) is 11.7. The van der Waals surface area contributed by atoms with Crippen molar-refractivity contribution < 1.29 is 109 Å². The average molecular weight is 1550 g/mol. The van der Waals surface area contributed by atoms with E-state index in [1.807, 2.05) is 38.4 Å². The fourth-order valence-corrected chi connectivity index (χ4v) is 21.6. The number of hydrogen-bond donors (Lipinski definition) is 5. The van der Waals surface area contributed by atoms with Crippen LogP contribution in [0.15, 0.2) is 90.6 Å². The number of aromatic amines is 1. The summed E-state index contributed by atoms with van der Waals surface area (Å²) >= 11 is 0. The molecule has 9 heterocycles. The number of ether oxygens (including phenoxy) is 9. The Labute approximate surface area is 631 Å². The van der Waals surface area contributed by atoms with Crippen molar-refractivity contribution in [3.05, 3.63) is 118 Å². The number of rotatable bonds is 19. The quantitative estimate of drug-likeness (QED) is 0.0192. The highest BCUT2D eigenvalue weighted by molar-refractivity contribution is 5.94. The van der Waals surface area contributed by atoms with Crippen LogP contribution in [-0.2, 0) is 70.2 Å². The summed E-state index contributed by atoms with van der Waals surface area (Å²) < 4.78 is 99.2. The van der Waals surface area contributed by atoms with Gasteiger partial charge in [-0.2, -0.15) is 0 Å². The topological polar surface area (TPSA) is 265 Å². The number of carbonyl (C=O) groups excluding carboxylic acids is 5. The van der Waals surface area contributed by atoms with Crippen LogP contribution in [0.3, 0.4) is 0 Å². The molecule has 4 aromatic rings. The summed E-state index contributed by atoms with van der Waals surface area (Å²) in [6.45, 7) is 14.9. The summed E-state index contributed by atoms with van der Waals surface area (Å²) in [5, 5.41) is 33.4. The number of nitrogens with one attached hydrogen (secondary N) is 3. The van der Waals surface area contributed by atoms with Crippen LogP contribution >= 0.6 is 0 Å². The average Bonchev–Trinajstić information content (AvgIpc) is 1.51. The van der Waals surface area contributed by atoms with Gasteiger partial charge in [-0.1, -0.05) is 88.4 Å². The van der Waals surface area contributed by atoms with Gasteiger partial charge in [-0.3, -0.25) is 33.8 Å². The van der Waals surface area contributed by atoms with Gasteiger partial charge in [-0.15, -0.1) is 0 Å². The number of hydrogen-bond acceptors (Lipinski definition) is 21. The summed E-state index contributed by atoms with van der Waals surface area (Å²) in [6.07, 6.45) is 12.3. The zero-order chi connectivity index (χ0) is 77.8. The van der Waals surface area contributed by atoms with Gasteiger partial charge in [-0.05, 0) is 98.8 Å². The Morgan fingerprint density at radius 3 is 1.65 bits per heavy atom. The molecular formula is C78H107F7N8O16. The van der Waals surface area contributed by atoms with Crippen molar-refractivity contribution in [2.24, 2.45) is 16.7 Å². The number of esters is 3. The lowest BCUT2D eigenvalue weighted by Gasteiger charge is -2.64. The minimum atomic E-state index is -1.84. The van der Waals surface area contributed by atoms with Crippen LogP contribution in [0.2, 0.25) is 0 Å². The van der Waals surface area contributed by atoms with E-state index in [-0.39, 0.29) is 75.6 Å². The lowest BCUT2D eigenvalue weighted by atomic mass is 9.47. The van der Waals surface area contributed by atoms with Gasteiger partial charge in [0.15, 0.2) is 0 Å². The van der Waals surface area contributed by atoms with Crippen LogP contribution in [0.4, 0.5) is 53.1 Å². The van der Waals surface area contributed by atoms with Crippen molar-refractivity contribution in [3.63, 3.8) is 0 Å². The second-order valence-electron chi connectivity index (χ2n) is 29.6. The maximum absolute atomic E-state index is 15.4. The van der Waals surface area contributed by atoms with Crippen molar-refractivity contribution in [1.29, 1.82) is 0 Å². The highest BCUT2D eigenvalue weighted by atomic mass is 20.0. The number of halogens is 7. The second-order valence-corrected chi connectivity index (χ2v) is 29.6. The standard InChI is InChI=1S/C49H63N5O9.C28H39N3O7.CH4.3F2.FH/c1-8-31-23-32-26-48(44(56)61-7,40-34(15-19-53(27-31)28-32)33-13-10-11-14-37(33)51-40)36-24-35-38(25-39(36)60-6)52(4)42-47(35)17-20-54-18-12-16-46(9-2,41(47)54)43(63-30(3)55)49(42,58)29-50-45(57)62-22-21-59-5;1-6-26-10-7-12-31-13-11-27(22(26)31)20-9-8-19(36-5)16-21(20)30(3)23(27)28(34,24(26)38-18(2)32)17-29-25(33)37-15-14-35-4;;3*1-2;/h10-14,16,23-25,32,41-43,51,58H,8-9,15,17-22,26-29H2,1-7H3,(H,50,57);7-10,16,22-24,34H,6,11-15,17H2,1-5H3,(H,29,33);1H4;;;;1H/t32-,41-,42+,43+,46+,47+,48-,49-;22-,23+,24+,26+,27+,28-;;;;;/m00...../s1. The first kappa shape index (κ1) is 86.4. The van der Waals surface area contributed by atoms with Crippen LogP contribution in [0.1, 0.15) is 109 Å². The van der Waals surface area contributed by atoms with E-state index in [1.165, 1.54) is 40.7 Å². The molecule has 4 fully saturated rings. The molecule has 2 amide bonds. The Balaban J connectivity index is 0.000000279. The third-order valence-corrected chi connectivity index (χ3v) is 24.9. The fraction of sp³-hybridized carbons (Fsp3) is 0.603. The van der Waals surface area contributed by atoms with Crippen molar-refractivity contribution in [3.8, 4) is 11.5 Å². The first-order chi connectivity index (χ1) is 51.5. The van der Waals surface area contributed by atoms with Crippen LogP contribution < -0.4 is 29.9 Å². The fourth-order valence-electron chi connectivity index (χ4n) is 21.6. The number of para-hydroxylation sites is 1. The number of anilines is 2. The van der Waals surface area contributed by atoms with Gasteiger partial charge in [0, 0.05) is 182 Å². The SMILES string of the molecule is C.CCC1=C[C@@H]2CN(CCc3c([nH]c4ccccc34)[C@@](C(=O)OC)(c3cc4c(cc3OC)N(C)[C@H]3[C@@](O)(CNC(=O)OCCOC)[C@H](OC(C)=O)[C@]5(CC)C=CCN6CC[C@]43[C@@H]65)C2)C1.CC[C@]12C=CCN3CC[C@@]4(c5ccc(OC)cc5N(C)[C@H]4[C@@](O)(CNC(=O)OCCOC)[C@@H]1OC(C)=O)[C@@H]32.F.FF.FF.FF. The predicted molar refractivity (Wildman–Crippen MR) is 394 cm³/mol. The number of carbonyl (C=O) groups is 5. The molecule has 109 heavy (non-hydrogen) atoms. The molecule has 0 radical (unpaired) electrons. The summed E-state index contributed by atoms with van der Waals surface area (Å²) in [6, 6.07) is 17.2. The van der Waals surface area contributed by atoms with E-state index in [4.69, 9.17) is 70.1 Å². The third kappa shape index (κ3) is 13.9. The van der Waals surface area contributed by atoms with Crippen LogP contribution in [0.25, 0.3) is 10.9 Å². The van der Waals surface area contributed by atoms with E-state index < -0.39 is 86.7 Å². The monoisotopic (exact) mass is 1540 g/mol. The smallest absolute Gasteiger partial charge is 0.407 e. The molecule has 1 aromatic heterocycles. The Morgan fingerprint density at radius 2 is 1.17 bits per heavy atom. The maximum atomic E-state index is 15.4. The van der Waals surface area contributed by atoms with E-state index >= 15 is 4.79 Å². The first-order valence-electron chi connectivity index (χ1n) is 36.4. The van der Waals surface area contributed by atoms with Crippen LogP contribution in [0.5, 0.6) is 11.5 Å². The minimum absolute atomic E-state index is 0. The predicted octanol–water partition coefficient (Wildman–Crippen LogP) is 10.1. The van der Waals surface area contributed by atoms with Gasteiger partial charge >= 0.3 is 30.1 Å². The van der Waals surface area contributed by atoms with E-state index in [0.717, 1.165) is 102 Å². The molecule has 8 aliphatic heterocycles. The molecular weight excluding hydrogens is 1440 g/mol.